The van der Waals surface area contributed by atoms with E-state index in [0.717, 1.165) is 12.1 Å². The molecule has 0 heterocycles. The maximum Gasteiger partial charge on any atom is 0.377 e. The smallest absolute Gasteiger partial charge is 0.377 e. The normalized spacial score (nSPS) is 11.2. The second kappa shape index (κ2) is 8.00. The highest BCUT2D eigenvalue weighted by atomic mass is 19.3. The Balaban J connectivity index is 2.12. The van der Waals surface area contributed by atoms with Crippen LogP contribution in [0, 0.1) is 11.6 Å². The molecule has 0 aromatic heterocycles. The van der Waals surface area contributed by atoms with Crippen molar-refractivity contribution in [2.45, 2.75) is 25.9 Å². The Hall–Kier alpha value is -2.57. The number of hydrogen-bond donors (Lipinski definition) is 0. The minimum atomic E-state index is -3.87. The Morgan fingerprint density at radius 2 is 1.64 bits per heavy atom. The van der Waals surface area contributed by atoms with Gasteiger partial charge in [0, 0.05) is 6.42 Å². The Kier molecular flexibility index (Phi) is 6.01. The zero-order valence-corrected chi connectivity index (χ0v) is 13.4. The molecular formula is C18H16F4O3. The number of halogens is 4. The standard InChI is InChI=1S/C18H16F4O3/c1-2-24-17(23)18(21,22)10-13-8-14(19)16(15(20)9-13)25-11-12-6-4-3-5-7-12/h3-9H,2,10-11H2,1H3. The molecule has 0 aliphatic rings. The summed E-state index contributed by atoms with van der Waals surface area (Å²) >= 11 is 0. The number of benzene rings is 2. The van der Waals surface area contributed by atoms with Gasteiger partial charge in [-0.2, -0.15) is 8.78 Å². The van der Waals surface area contributed by atoms with Gasteiger partial charge in [-0.3, -0.25) is 0 Å². The molecule has 25 heavy (non-hydrogen) atoms. The van der Waals surface area contributed by atoms with Crippen molar-refractivity contribution in [3.8, 4) is 5.75 Å². The summed E-state index contributed by atoms with van der Waals surface area (Å²) in [4.78, 5) is 11.2. The van der Waals surface area contributed by atoms with Gasteiger partial charge in [0.15, 0.2) is 17.4 Å². The number of alkyl halides is 2. The average molecular weight is 356 g/mol. The zero-order chi connectivity index (χ0) is 18.4. The summed E-state index contributed by atoms with van der Waals surface area (Å²) in [5.74, 6) is -8.51. The van der Waals surface area contributed by atoms with E-state index >= 15 is 0 Å². The van der Waals surface area contributed by atoms with Gasteiger partial charge in [-0.15, -0.1) is 0 Å². The number of carbonyl (C=O) groups excluding carboxylic acids is 1. The topological polar surface area (TPSA) is 35.5 Å². The molecule has 0 unspecified atom stereocenters. The van der Waals surface area contributed by atoms with Crippen LogP contribution in [-0.4, -0.2) is 18.5 Å². The van der Waals surface area contributed by atoms with Gasteiger partial charge in [-0.1, -0.05) is 30.3 Å². The molecule has 7 heteroatoms. The number of rotatable bonds is 7. The fourth-order valence-electron chi connectivity index (χ4n) is 2.15. The molecule has 0 fully saturated rings. The van der Waals surface area contributed by atoms with Crippen molar-refractivity contribution in [2.75, 3.05) is 6.61 Å². The van der Waals surface area contributed by atoms with Crippen molar-refractivity contribution >= 4 is 5.97 Å². The van der Waals surface area contributed by atoms with Crippen LogP contribution in [0.2, 0.25) is 0 Å². The van der Waals surface area contributed by atoms with Gasteiger partial charge >= 0.3 is 11.9 Å². The van der Waals surface area contributed by atoms with E-state index in [0.29, 0.717) is 5.56 Å². The second-order valence-corrected chi connectivity index (χ2v) is 5.26. The largest absolute Gasteiger partial charge is 0.483 e. The van der Waals surface area contributed by atoms with Crippen molar-refractivity contribution in [3.63, 3.8) is 0 Å². The summed E-state index contributed by atoms with van der Waals surface area (Å²) in [5, 5.41) is 0. The quantitative estimate of drug-likeness (QED) is 0.549. The Morgan fingerprint density at radius 3 is 2.20 bits per heavy atom. The zero-order valence-electron chi connectivity index (χ0n) is 13.4. The first-order valence-electron chi connectivity index (χ1n) is 7.53. The van der Waals surface area contributed by atoms with Crippen molar-refractivity contribution in [1.82, 2.24) is 0 Å². The third kappa shape index (κ3) is 4.95. The lowest BCUT2D eigenvalue weighted by atomic mass is 10.1. The predicted molar refractivity (Wildman–Crippen MR) is 82.4 cm³/mol. The first kappa shape index (κ1) is 18.8. The first-order valence-corrected chi connectivity index (χ1v) is 7.53. The molecule has 0 radical (unpaired) electrons. The van der Waals surface area contributed by atoms with Gasteiger partial charge in [0.05, 0.1) is 6.61 Å². The van der Waals surface area contributed by atoms with Crippen molar-refractivity contribution in [1.29, 1.82) is 0 Å². The molecule has 0 N–H and O–H groups in total. The van der Waals surface area contributed by atoms with Crippen molar-refractivity contribution in [2.24, 2.45) is 0 Å². The molecule has 0 saturated carbocycles. The molecule has 0 spiro atoms. The monoisotopic (exact) mass is 356 g/mol. The third-order valence-corrected chi connectivity index (χ3v) is 3.28. The van der Waals surface area contributed by atoms with Crippen LogP contribution in [0.15, 0.2) is 42.5 Å². The number of ether oxygens (including phenoxy) is 2. The third-order valence-electron chi connectivity index (χ3n) is 3.28. The van der Waals surface area contributed by atoms with Crippen LogP contribution in [0.4, 0.5) is 17.6 Å². The molecule has 0 amide bonds. The minimum Gasteiger partial charge on any atom is -0.483 e. The lowest BCUT2D eigenvalue weighted by Gasteiger charge is -2.15. The number of hydrogen-bond acceptors (Lipinski definition) is 3. The highest BCUT2D eigenvalue weighted by molar-refractivity contribution is 5.77. The molecule has 0 atom stereocenters. The Bertz CT molecular complexity index is 709. The molecule has 2 aromatic rings. The molecule has 3 nitrogen and oxygen atoms in total. The summed E-state index contributed by atoms with van der Waals surface area (Å²) < 4.78 is 64.7. The Labute approximate surface area is 142 Å². The number of carbonyl (C=O) groups is 1. The van der Waals surface area contributed by atoms with E-state index < -0.39 is 35.7 Å². The van der Waals surface area contributed by atoms with Gasteiger partial charge in [-0.05, 0) is 30.2 Å². The van der Waals surface area contributed by atoms with E-state index in [1.165, 1.54) is 6.92 Å². The van der Waals surface area contributed by atoms with Crippen LogP contribution >= 0.6 is 0 Å². The predicted octanol–water partition coefficient (Wildman–Crippen LogP) is 4.28. The van der Waals surface area contributed by atoms with Crippen LogP contribution in [0.3, 0.4) is 0 Å². The molecule has 0 bridgehead atoms. The molecular weight excluding hydrogens is 340 g/mol. The van der Waals surface area contributed by atoms with Gasteiger partial charge in [-0.25, -0.2) is 13.6 Å². The van der Waals surface area contributed by atoms with Crippen LogP contribution in [0.1, 0.15) is 18.1 Å². The van der Waals surface area contributed by atoms with Crippen LogP contribution < -0.4 is 4.74 Å². The van der Waals surface area contributed by atoms with Crippen LogP contribution in [0.5, 0.6) is 5.75 Å². The van der Waals surface area contributed by atoms with E-state index in [9.17, 15) is 22.4 Å². The maximum absolute atomic E-state index is 14.0. The number of esters is 1. The van der Waals surface area contributed by atoms with Gasteiger partial charge in [0.25, 0.3) is 0 Å². The van der Waals surface area contributed by atoms with Crippen LogP contribution in [0.25, 0.3) is 0 Å². The van der Waals surface area contributed by atoms with E-state index in [1.807, 2.05) is 0 Å². The van der Waals surface area contributed by atoms with Crippen molar-refractivity contribution in [3.05, 3.63) is 65.2 Å². The lowest BCUT2D eigenvalue weighted by molar-refractivity contribution is -0.171. The van der Waals surface area contributed by atoms with Gasteiger partial charge < -0.3 is 9.47 Å². The van der Waals surface area contributed by atoms with E-state index in [2.05, 4.69) is 4.74 Å². The fourth-order valence-corrected chi connectivity index (χ4v) is 2.15. The molecule has 0 saturated heterocycles. The van der Waals surface area contributed by atoms with E-state index in [1.54, 1.807) is 30.3 Å². The summed E-state index contributed by atoms with van der Waals surface area (Å²) in [6.45, 7) is 1.09. The summed E-state index contributed by atoms with van der Waals surface area (Å²) in [6.07, 6.45) is -1.17. The lowest BCUT2D eigenvalue weighted by Crippen LogP contribution is -2.33. The average Bonchev–Trinajstić information content (AvgIpc) is 2.55. The molecule has 2 rings (SSSR count). The molecule has 134 valence electrons. The highest BCUT2D eigenvalue weighted by Gasteiger charge is 2.41. The second-order valence-electron chi connectivity index (χ2n) is 5.26. The molecule has 0 aliphatic heterocycles. The minimum absolute atomic E-state index is 0.0764. The molecule has 0 aliphatic carbocycles. The maximum atomic E-state index is 14.0. The van der Waals surface area contributed by atoms with Gasteiger partial charge in [0.2, 0.25) is 0 Å². The SMILES string of the molecule is CCOC(=O)C(F)(F)Cc1cc(F)c(OCc2ccccc2)c(F)c1. The van der Waals surface area contributed by atoms with E-state index in [-0.39, 0.29) is 18.8 Å². The summed E-state index contributed by atoms with van der Waals surface area (Å²) in [6, 6.07) is 10.1. The summed E-state index contributed by atoms with van der Waals surface area (Å²) in [7, 11) is 0. The van der Waals surface area contributed by atoms with Crippen LogP contribution in [-0.2, 0) is 22.6 Å². The first-order chi connectivity index (χ1) is 11.8. The summed E-state index contributed by atoms with van der Waals surface area (Å²) in [5.41, 5.74) is 0.319. The van der Waals surface area contributed by atoms with E-state index in [4.69, 9.17) is 4.74 Å². The molecule has 2 aromatic carbocycles. The van der Waals surface area contributed by atoms with Gasteiger partial charge in [0.1, 0.15) is 6.61 Å². The highest BCUT2D eigenvalue weighted by Crippen LogP contribution is 2.28. The Morgan fingerprint density at radius 1 is 1.04 bits per heavy atom. The fraction of sp³-hybridized carbons (Fsp3) is 0.278. The van der Waals surface area contributed by atoms with Crippen molar-refractivity contribution < 1.29 is 31.8 Å².